The molecule has 1 aliphatic carbocycles. The molecule has 2 fully saturated rings. The third kappa shape index (κ3) is 2.74. The van der Waals surface area contributed by atoms with Crippen LogP contribution in [-0.4, -0.2) is 36.1 Å². The number of piperazine rings is 1. The largest absolute Gasteiger partial charge is 0.311 e. The van der Waals surface area contributed by atoms with Crippen molar-refractivity contribution in [3.8, 4) is 0 Å². The number of hydrogen-bond donors (Lipinski definition) is 1. The smallest absolute Gasteiger partial charge is 0.0332 e. The number of hydrogen-bond acceptors (Lipinski definition) is 2. The highest BCUT2D eigenvalue weighted by atomic mass is 15.3. The predicted molar refractivity (Wildman–Crippen MR) is 74.2 cm³/mol. The van der Waals surface area contributed by atoms with Crippen LogP contribution in [0.5, 0.6) is 0 Å². The van der Waals surface area contributed by atoms with Crippen LogP contribution in [0.3, 0.4) is 0 Å². The van der Waals surface area contributed by atoms with Gasteiger partial charge in [-0.25, -0.2) is 0 Å². The SMILES string of the molecule is C/C=C/CN1CC(C2CC2)NCC1(CC)CC. The van der Waals surface area contributed by atoms with Crippen LogP contribution < -0.4 is 5.32 Å². The molecule has 1 heterocycles. The first-order valence-electron chi connectivity index (χ1n) is 7.35. The van der Waals surface area contributed by atoms with Crippen molar-refractivity contribution in [2.45, 2.75) is 58.0 Å². The standard InChI is InChI=1S/C15H28N2/c1-4-7-10-17-11-14(13-8-9-13)16-12-15(17,5-2)6-3/h4,7,13-14,16H,5-6,8-12H2,1-3H3/b7-4+. The topological polar surface area (TPSA) is 15.3 Å². The van der Waals surface area contributed by atoms with Gasteiger partial charge in [-0.15, -0.1) is 0 Å². The predicted octanol–water partition coefficient (Wildman–Crippen LogP) is 2.81. The van der Waals surface area contributed by atoms with Gasteiger partial charge in [0.15, 0.2) is 0 Å². The average Bonchev–Trinajstić information content (AvgIpc) is 3.20. The van der Waals surface area contributed by atoms with Crippen molar-refractivity contribution in [1.82, 2.24) is 10.2 Å². The summed E-state index contributed by atoms with van der Waals surface area (Å²) in [5.41, 5.74) is 0.394. The number of nitrogens with zero attached hydrogens (tertiary/aromatic N) is 1. The van der Waals surface area contributed by atoms with Crippen molar-refractivity contribution in [3.05, 3.63) is 12.2 Å². The molecule has 1 unspecified atom stereocenters. The average molecular weight is 236 g/mol. The first-order valence-corrected chi connectivity index (χ1v) is 7.35. The third-order valence-electron chi connectivity index (χ3n) is 4.85. The summed E-state index contributed by atoms with van der Waals surface area (Å²) in [7, 11) is 0. The summed E-state index contributed by atoms with van der Waals surface area (Å²) in [6, 6.07) is 0.756. The van der Waals surface area contributed by atoms with E-state index in [4.69, 9.17) is 0 Å². The Morgan fingerprint density at radius 2 is 2.00 bits per heavy atom. The minimum absolute atomic E-state index is 0.394. The fourth-order valence-corrected chi connectivity index (χ4v) is 3.19. The second kappa shape index (κ2) is 5.53. The molecule has 1 aliphatic heterocycles. The zero-order chi connectivity index (χ0) is 12.3. The Hall–Kier alpha value is -0.340. The molecule has 2 nitrogen and oxygen atoms in total. The van der Waals surface area contributed by atoms with Crippen LogP contribution in [0.4, 0.5) is 0 Å². The molecule has 2 heteroatoms. The zero-order valence-corrected chi connectivity index (χ0v) is 11.7. The molecular weight excluding hydrogens is 208 g/mol. The Morgan fingerprint density at radius 1 is 1.29 bits per heavy atom. The maximum Gasteiger partial charge on any atom is 0.0332 e. The Bertz CT molecular complexity index is 264. The van der Waals surface area contributed by atoms with E-state index in [2.05, 4.69) is 43.1 Å². The van der Waals surface area contributed by atoms with Gasteiger partial charge in [0, 0.05) is 31.2 Å². The van der Waals surface area contributed by atoms with Crippen LogP contribution >= 0.6 is 0 Å². The van der Waals surface area contributed by atoms with Gasteiger partial charge in [-0.2, -0.15) is 0 Å². The van der Waals surface area contributed by atoms with E-state index in [0.29, 0.717) is 5.54 Å². The summed E-state index contributed by atoms with van der Waals surface area (Å²) in [4.78, 5) is 2.73. The van der Waals surface area contributed by atoms with E-state index >= 15 is 0 Å². The monoisotopic (exact) mass is 236 g/mol. The third-order valence-corrected chi connectivity index (χ3v) is 4.85. The molecule has 0 radical (unpaired) electrons. The van der Waals surface area contributed by atoms with Gasteiger partial charge < -0.3 is 5.32 Å². The Kier molecular flexibility index (Phi) is 4.26. The van der Waals surface area contributed by atoms with E-state index in [1.165, 1.54) is 38.8 Å². The first kappa shape index (κ1) is 13.1. The van der Waals surface area contributed by atoms with Crippen molar-refractivity contribution in [2.75, 3.05) is 19.6 Å². The summed E-state index contributed by atoms with van der Waals surface area (Å²) >= 11 is 0. The Labute approximate surface area is 106 Å². The van der Waals surface area contributed by atoms with Gasteiger partial charge in [-0.3, -0.25) is 4.90 Å². The molecule has 17 heavy (non-hydrogen) atoms. The zero-order valence-electron chi connectivity index (χ0n) is 11.7. The molecule has 1 N–H and O–H groups in total. The van der Waals surface area contributed by atoms with Crippen LogP contribution in [0.1, 0.15) is 46.5 Å². The van der Waals surface area contributed by atoms with E-state index in [1.54, 1.807) is 0 Å². The first-order chi connectivity index (χ1) is 8.25. The molecule has 0 aromatic heterocycles. The van der Waals surface area contributed by atoms with Crippen LogP contribution in [-0.2, 0) is 0 Å². The second-order valence-electron chi connectivity index (χ2n) is 5.73. The molecule has 1 saturated heterocycles. The summed E-state index contributed by atoms with van der Waals surface area (Å²) in [6.45, 7) is 10.4. The van der Waals surface area contributed by atoms with E-state index in [0.717, 1.165) is 18.5 Å². The minimum atomic E-state index is 0.394. The lowest BCUT2D eigenvalue weighted by Gasteiger charge is -2.49. The maximum atomic E-state index is 3.81. The molecule has 0 aromatic carbocycles. The minimum Gasteiger partial charge on any atom is -0.311 e. The van der Waals surface area contributed by atoms with E-state index < -0.39 is 0 Å². The van der Waals surface area contributed by atoms with Gasteiger partial charge in [-0.05, 0) is 38.5 Å². The summed E-state index contributed by atoms with van der Waals surface area (Å²) in [6.07, 6.45) is 9.90. The lowest BCUT2D eigenvalue weighted by Crippen LogP contribution is -2.64. The molecule has 1 atom stereocenters. The summed E-state index contributed by atoms with van der Waals surface area (Å²) in [5, 5.41) is 3.81. The van der Waals surface area contributed by atoms with Crippen LogP contribution in [0, 0.1) is 5.92 Å². The van der Waals surface area contributed by atoms with Crippen molar-refractivity contribution < 1.29 is 0 Å². The van der Waals surface area contributed by atoms with Crippen molar-refractivity contribution in [3.63, 3.8) is 0 Å². The van der Waals surface area contributed by atoms with Crippen molar-refractivity contribution in [2.24, 2.45) is 5.92 Å². The molecule has 0 aromatic rings. The molecule has 2 rings (SSSR count). The number of allylic oxidation sites excluding steroid dienone is 1. The maximum absolute atomic E-state index is 3.81. The molecule has 98 valence electrons. The summed E-state index contributed by atoms with van der Waals surface area (Å²) < 4.78 is 0. The fourth-order valence-electron chi connectivity index (χ4n) is 3.19. The van der Waals surface area contributed by atoms with Gasteiger partial charge >= 0.3 is 0 Å². The van der Waals surface area contributed by atoms with Gasteiger partial charge in [0.2, 0.25) is 0 Å². The number of nitrogens with one attached hydrogen (secondary N) is 1. The molecular formula is C15H28N2. The fraction of sp³-hybridized carbons (Fsp3) is 0.867. The molecule has 0 amide bonds. The highest BCUT2D eigenvalue weighted by Crippen LogP contribution is 2.37. The van der Waals surface area contributed by atoms with E-state index in [-0.39, 0.29) is 0 Å². The Balaban J connectivity index is 2.04. The molecule has 1 saturated carbocycles. The summed E-state index contributed by atoms with van der Waals surface area (Å²) in [5.74, 6) is 0.967. The van der Waals surface area contributed by atoms with Crippen LogP contribution in [0.25, 0.3) is 0 Å². The van der Waals surface area contributed by atoms with E-state index in [1.807, 2.05) is 0 Å². The quantitative estimate of drug-likeness (QED) is 0.738. The Morgan fingerprint density at radius 3 is 2.53 bits per heavy atom. The van der Waals surface area contributed by atoms with Crippen molar-refractivity contribution in [1.29, 1.82) is 0 Å². The van der Waals surface area contributed by atoms with Crippen LogP contribution in [0.2, 0.25) is 0 Å². The van der Waals surface area contributed by atoms with Crippen molar-refractivity contribution >= 4 is 0 Å². The highest BCUT2D eigenvalue weighted by molar-refractivity contribution is 5.03. The number of rotatable bonds is 5. The van der Waals surface area contributed by atoms with Gasteiger partial charge in [0.25, 0.3) is 0 Å². The van der Waals surface area contributed by atoms with Gasteiger partial charge in [0.05, 0.1) is 0 Å². The van der Waals surface area contributed by atoms with Crippen LogP contribution in [0.15, 0.2) is 12.2 Å². The van der Waals surface area contributed by atoms with Gasteiger partial charge in [-0.1, -0.05) is 26.0 Å². The van der Waals surface area contributed by atoms with E-state index in [9.17, 15) is 0 Å². The molecule has 0 bridgehead atoms. The molecule has 0 spiro atoms. The normalized spacial score (nSPS) is 29.9. The highest BCUT2D eigenvalue weighted by Gasteiger charge is 2.42. The lowest BCUT2D eigenvalue weighted by molar-refractivity contribution is 0.0377. The lowest BCUT2D eigenvalue weighted by atomic mass is 9.86. The second-order valence-corrected chi connectivity index (χ2v) is 5.73. The molecule has 2 aliphatic rings. The van der Waals surface area contributed by atoms with Gasteiger partial charge in [0.1, 0.15) is 0 Å².